The number of unbranched alkanes of at least 4 members (excludes halogenated alkanes) is 14. The van der Waals surface area contributed by atoms with Crippen LogP contribution in [0.3, 0.4) is 0 Å². The molecule has 4 heteroatoms. The molecule has 2 rings (SSSR count). The molecule has 210 valence electrons. The summed E-state index contributed by atoms with van der Waals surface area (Å²) in [5.41, 5.74) is 1.78. The van der Waals surface area contributed by atoms with Crippen LogP contribution in [0.25, 0.3) is 0 Å². The Morgan fingerprint density at radius 1 is 0.447 bits per heavy atom. The summed E-state index contributed by atoms with van der Waals surface area (Å²) in [6.07, 6.45) is 24.5. The van der Waals surface area contributed by atoms with Crippen LogP contribution in [0.4, 0.5) is 11.4 Å². The molecule has 0 aliphatic carbocycles. The molecule has 0 amide bonds. The summed E-state index contributed by atoms with van der Waals surface area (Å²) in [7, 11) is 0. The minimum absolute atomic E-state index is 0.785. The van der Waals surface area contributed by atoms with Crippen molar-refractivity contribution >= 4 is 23.8 Å². The van der Waals surface area contributed by atoms with Crippen LogP contribution < -0.4 is 9.47 Å². The second-order valence-electron chi connectivity index (χ2n) is 10.2. The van der Waals surface area contributed by atoms with Crippen molar-refractivity contribution < 1.29 is 9.47 Å². The number of hydrogen-bond acceptors (Lipinski definition) is 4. The first-order chi connectivity index (χ1) is 18.8. The van der Waals surface area contributed by atoms with E-state index in [0.717, 1.165) is 48.9 Å². The maximum absolute atomic E-state index is 5.87. The molecule has 2 aromatic carbocycles. The van der Waals surface area contributed by atoms with Crippen LogP contribution in [0.1, 0.15) is 117 Å². The van der Waals surface area contributed by atoms with Gasteiger partial charge in [0.15, 0.2) is 0 Å². The van der Waals surface area contributed by atoms with Crippen molar-refractivity contribution in [1.29, 1.82) is 0 Å². The van der Waals surface area contributed by atoms with Crippen LogP contribution in [0.15, 0.2) is 58.5 Å². The van der Waals surface area contributed by atoms with Crippen molar-refractivity contribution in [3.63, 3.8) is 0 Å². The van der Waals surface area contributed by atoms with Crippen molar-refractivity contribution in [3.05, 3.63) is 48.5 Å². The predicted octanol–water partition coefficient (Wildman–Crippen LogP) is 10.8. The van der Waals surface area contributed by atoms with Gasteiger partial charge in [0.05, 0.1) is 24.6 Å². The average Bonchev–Trinajstić information content (AvgIpc) is 2.95. The molecule has 0 atom stereocenters. The van der Waals surface area contributed by atoms with Gasteiger partial charge in [-0.3, -0.25) is 9.98 Å². The molecule has 38 heavy (non-hydrogen) atoms. The van der Waals surface area contributed by atoms with Gasteiger partial charge in [0.1, 0.15) is 11.5 Å². The van der Waals surface area contributed by atoms with E-state index in [-0.39, 0.29) is 0 Å². The Hall–Kier alpha value is -2.62. The molecule has 0 heterocycles. The summed E-state index contributed by atoms with van der Waals surface area (Å²) in [6, 6.07) is 15.9. The van der Waals surface area contributed by atoms with Gasteiger partial charge in [-0.05, 0) is 61.4 Å². The summed E-state index contributed by atoms with van der Waals surface area (Å²) < 4.78 is 11.7. The summed E-state index contributed by atoms with van der Waals surface area (Å²) in [5.74, 6) is 1.82. The van der Waals surface area contributed by atoms with E-state index in [4.69, 9.17) is 9.47 Å². The van der Waals surface area contributed by atoms with Crippen LogP contribution in [0.5, 0.6) is 11.5 Å². The highest BCUT2D eigenvalue weighted by atomic mass is 16.5. The lowest BCUT2D eigenvalue weighted by Crippen LogP contribution is -1.97. The lowest BCUT2D eigenvalue weighted by Gasteiger charge is -2.06. The SMILES string of the molecule is CCCCCCCCCCOc1ccc(N=CC=Nc2ccc(OCCCCCCCCCC)cc2)cc1. The normalized spacial score (nSPS) is 11.5. The topological polar surface area (TPSA) is 43.2 Å². The van der Waals surface area contributed by atoms with E-state index in [9.17, 15) is 0 Å². The zero-order valence-electron chi connectivity index (χ0n) is 24.2. The van der Waals surface area contributed by atoms with Crippen molar-refractivity contribution in [2.45, 2.75) is 117 Å². The third kappa shape index (κ3) is 16.3. The van der Waals surface area contributed by atoms with Gasteiger partial charge < -0.3 is 9.47 Å². The van der Waals surface area contributed by atoms with E-state index < -0.39 is 0 Å². The van der Waals surface area contributed by atoms with Gasteiger partial charge in [-0.25, -0.2) is 0 Å². The first-order valence-electron chi connectivity index (χ1n) is 15.3. The molecule has 0 bridgehead atoms. The van der Waals surface area contributed by atoms with Crippen molar-refractivity contribution in [3.8, 4) is 11.5 Å². The molecule has 0 saturated heterocycles. The molecule has 0 aliphatic rings. The van der Waals surface area contributed by atoms with Gasteiger partial charge in [-0.15, -0.1) is 0 Å². The quantitative estimate of drug-likeness (QED) is 0.108. The summed E-state index contributed by atoms with van der Waals surface area (Å²) >= 11 is 0. The van der Waals surface area contributed by atoms with E-state index in [1.54, 1.807) is 12.4 Å². The molecule has 0 N–H and O–H groups in total. The average molecular weight is 521 g/mol. The molecule has 0 fully saturated rings. The molecule has 4 nitrogen and oxygen atoms in total. The number of rotatable bonds is 23. The zero-order valence-corrected chi connectivity index (χ0v) is 24.2. The third-order valence-corrected chi connectivity index (χ3v) is 6.72. The number of aliphatic imine (C=N–C) groups is 2. The predicted molar refractivity (Wildman–Crippen MR) is 165 cm³/mol. The number of nitrogens with zero attached hydrogens (tertiary/aromatic N) is 2. The van der Waals surface area contributed by atoms with Gasteiger partial charge in [-0.1, -0.05) is 104 Å². The Labute approximate surface area is 233 Å². The maximum atomic E-state index is 5.87. The number of ether oxygens (including phenoxy) is 2. The molecule has 0 spiro atoms. The highest BCUT2D eigenvalue weighted by Crippen LogP contribution is 2.20. The van der Waals surface area contributed by atoms with Crippen molar-refractivity contribution in [2.75, 3.05) is 13.2 Å². The van der Waals surface area contributed by atoms with E-state index in [1.807, 2.05) is 48.5 Å². The van der Waals surface area contributed by atoms with Gasteiger partial charge in [0, 0.05) is 12.4 Å². The molecule has 2 aromatic rings. The molecular weight excluding hydrogens is 468 g/mol. The summed E-state index contributed by atoms with van der Waals surface area (Å²) in [4.78, 5) is 8.92. The van der Waals surface area contributed by atoms with Crippen molar-refractivity contribution in [2.24, 2.45) is 9.98 Å². The van der Waals surface area contributed by atoms with Crippen LogP contribution in [0.2, 0.25) is 0 Å². The fraction of sp³-hybridized carbons (Fsp3) is 0.588. The molecular formula is C34H52N2O2. The van der Waals surface area contributed by atoms with Crippen LogP contribution >= 0.6 is 0 Å². The molecule has 0 saturated carbocycles. The van der Waals surface area contributed by atoms with E-state index in [0.29, 0.717) is 0 Å². The minimum atomic E-state index is 0.785. The second-order valence-corrected chi connectivity index (χ2v) is 10.2. The maximum Gasteiger partial charge on any atom is 0.119 e. The summed E-state index contributed by atoms with van der Waals surface area (Å²) in [5, 5.41) is 0. The highest BCUT2D eigenvalue weighted by molar-refractivity contribution is 6.17. The molecule has 0 aromatic heterocycles. The lowest BCUT2D eigenvalue weighted by molar-refractivity contribution is 0.304. The van der Waals surface area contributed by atoms with Crippen LogP contribution in [-0.4, -0.2) is 25.6 Å². The largest absolute Gasteiger partial charge is 0.494 e. The Kier molecular flexibility index (Phi) is 18.6. The smallest absolute Gasteiger partial charge is 0.119 e. The van der Waals surface area contributed by atoms with Crippen LogP contribution in [0, 0.1) is 0 Å². The summed E-state index contributed by atoms with van der Waals surface area (Å²) in [6.45, 7) is 6.10. The van der Waals surface area contributed by atoms with E-state index in [2.05, 4.69) is 23.8 Å². The van der Waals surface area contributed by atoms with Gasteiger partial charge >= 0.3 is 0 Å². The number of hydrogen-bond donors (Lipinski definition) is 0. The Morgan fingerprint density at radius 3 is 1.11 bits per heavy atom. The lowest BCUT2D eigenvalue weighted by atomic mass is 10.1. The van der Waals surface area contributed by atoms with Crippen LogP contribution in [-0.2, 0) is 0 Å². The first-order valence-corrected chi connectivity index (χ1v) is 15.3. The van der Waals surface area contributed by atoms with Gasteiger partial charge in [0.25, 0.3) is 0 Å². The molecule has 0 unspecified atom stereocenters. The number of benzene rings is 2. The Balaban J connectivity index is 1.55. The third-order valence-electron chi connectivity index (χ3n) is 6.72. The van der Waals surface area contributed by atoms with Gasteiger partial charge in [-0.2, -0.15) is 0 Å². The zero-order chi connectivity index (χ0) is 26.9. The Morgan fingerprint density at radius 2 is 0.763 bits per heavy atom. The van der Waals surface area contributed by atoms with E-state index >= 15 is 0 Å². The van der Waals surface area contributed by atoms with E-state index in [1.165, 1.54) is 89.9 Å². The molecule has 0 radical (unpaired) electrons. The highest BCUT2D eigenvalue weighted by Gasteiger charge is 1.97. The Bertz CT molecular complexity index is 786. The molecule has 0 aliphatic heterocycles. The van der Waals surface area contributed by atoms with Crippen molar-refractivity contribution in [1.82, 2.24) is 0 Å². The standard InChI is InChI=1S/C34H52N2O2/c1-3-5-7-9-11-13-15-17-29-37-33-23-19-31(20-24-33)35-27-28-36-32-21-25-34(26-22-32)38-30-18-16-14-12-10-8-6-4-2/h19-28H,3-18,29-30H2,1-2H3. The fourth-order valence-electron chi connectivity index (χ4n) is 4.35. The fourth-order valence-corrected chi connectivity index (χ4v) is 4.35. The van der Waals surface area contributed by atoms with Gasteiger partial charge in [0.2, 0.25) is 0 Å². The second kappa shape index (κ2) is 22.4. The first kappa shape index (κ1) is 31.6. The minimum Gasteiger partial charge on any atom is -0.494 e. The monoisotopic (exact) mass is 520 g/mol.